The Morgan fingerprint density at radius 1 is 1.65 bits per heavy atom. The number of aliphatic carboxylic acids is 1. The van der Waals surface area contributed by atoms with E-state index in [1.54, 1.807) is 0 Å². The van der Waals surface area contributed by atoms with Crippen molar-refractivity contribution in [2.45, 2.75) is 11.3 Å². The first-order valence-corrected chi connectivity index (χ1v) is 6.73. The molecule has 1 fully saturated rings. The molecule has 2 N–H and O–H groups in total. The van der Waals surface area contributed by atoms with E-state index in [-0.39, 0.29) is 22.6 Å². The lowest BCUT2D eigenvalue weighted by Gasteiger charge is -2.03. The molecule has 2 rings (SSSR count). The quantitative estimate of drug-likeness (QED) is 0.836. The maximum atomic E-state index is 11.7. The lowest BCUT2D eigenvalue weighted by molar-refractivity contribution is -0.138. The van der Waals surface area contributed by atoms with Crippen LogP contribution in [0, 0.1) is 11.8 Å². The van der Waals surface area contributed by atoms with Gasteiger partial charge in [-0.2, -0.15) is 0 Å². The van der Waals surface area contributed by atoms with Gasteiger partial charge >= 0.3 is 5.97 Å². The molecule has 0 bridgehead atoms. The second kappa shape index (κ2) is 4.32. The van der Waals surface area contributed by atoms with Gasteiger partial charge in [0.1, 0.15) is 4.90 Å². The molecule has 0 spiro atoms. The molecule has 8 heteroatoms. The summed E-state index contributed by atoms with van der Waals surface area (Å²) in [7, 11) is -3.72. The van der Waals surface area contributed by atoms with Crippen molar-refractivity contribution in [3.05, 3.63) is 17.5 Å². The Bertz CT molecular complexity index is 537. The fourth-order valence-corrected chi connectivity index (χ4v) is 3.05. The third-order valence-electron chi connectivity index (χ3n) is 2.65. The zero-order valence-corrected chi connectivity index (χ0v) is 10.2. The third-order valence-corrected chi connectivity index (χ3v) is 4.50. The highest BCUT2D eigenvalue weighted by Gasteiger charge is 2.43. The zero-order chi connectivity index (χ0) is 12.6. The lowest BCUT2D eigenvalue weighted by Crippen LogP contribution is -2.26. The fraction of sp³-hybridized carbons (Fsp3) is 0.444. The fourth-order valence-electron chi connectivity index (χ4n) is 1.54. The minimum absolute atomic E-state index is 0.0980. The first-order valence-electron chi connectivity index (χ1n) is 4.87. The second-order valence-corrected chi connectivity index (χ2v) is 5.93. The number of nitrogens with one attached hydrogen (secondary N) is 1. The summed E-state index contributed by atoms with van der Waals surface area (Å²) in [6, 6.07) is 1.24. The van der Waals surface area contributed by atoms with Crippen LogP contribution in [0.4, 0.5) is 0 Å². The summed E-state index contributed by atoms with van der Waals surface area (Å²) in [5.74, 6) is -1.49. The number of sulfonamides is 1. The average Bonchev–Trinajstić information content (AvgIpc) is 2.90. The number of furan rings is 1. The normalized spacial score (nSPS) is 23.6. The van der Waals surface area contributed by atoms with Crippen molar-refractivity contribution in [2.75, 3.05) is 6.54 Å². The summed E-state index contributed by atoms with van der Waals surface area (Å²) in [4.78, 5) is 10.4. The van der Waals surface area contributed by atoms with E-state index < -0.39 is 21.9 Å². The van der Waals surface area contributed by atoms with Crippen molar-refractivity contribution in [3.63, 3.8) is 0 Å². The molecule has 1 saturated carbocycles. The summed E-state index contributed by atoms with van der Waals surface area (Å²) in [6.07, 6.45) is 1.67. The Balaban J connectivity index is 1.96. The standard InChI is InChI=1S/C9H10ClNO5S/c10-8-7(1-2-16-8)17(14,15)11-4-5-3-6(5)9(12)13/h1-2,5-6,11H,3-4H2,(H,12,13)/t5-,6+/m0/s1. The molecule has 17 heavy (non-hydrogen) atoms. The maximum absolute atomic E-state index is 11.7. The van der Waals surface area contributed by atoms with Crippen molar-refractivity contribution < 1.29 is 22.7 Å². The summed E-state index contributed by atoms with van der Waals surface area (Å²) in [5.41, 5.74) is 0. The van der Waals surface area contributed by atoms with Gasteiger partial charge in [-0.1, -0.05) is 0 Å². The molecule has 0 amide bonds. The molecule has 0 aliphatic heterocycles. The molecule has 1 aliphatic rings. The predicted molar refractivity (Wildman–Crippen MR) is 58.1 cm³/mol. The molecule has 0 aromatic carbocycles. The molecular weight excluding hydrogens is 270 g/mol. The van der Waals surface area contributed by atoms with Gasteiger partial charge < -0.3 is 9.52 Å². The number of hydrogen-bond donors (Lipinski definition) is 2. The minimum atomic E-state index is -3.72. The van der Waals surface area contributed by atoms with E-state index in [0.29, 0.717) is 6.42 Å². The van der Waals surface area contributed by atoms with Crippen LogP contribution < -0.4 is 4.72 Å². The van der Waals surface area contributed by atoms with Crippen molar-refractivity contribution in [1.82, 2.24) is 4.72 Å². The summed E-state index contributed by atoms with van der Waals surface area (Å²) >= 11 is 5.55. The zero-order valence-electron chi connectivity index (χ0n) is 8.59. The van der Waals surface area contributed by atoms with E-state index in [1.807, 2.05) is 0 Å². The van der Waals surface area contributed by atoms with Gasteiger partial charge in [-0.3, -0.25) is 4.79 Å². The van der Waals surface area contributed by atoms with Crippen LogP contribution in [0.5, 0.6) is 0 Å². The Morgan fingerprint density at radius 2 is 2.35 bits per heavy atom. The summed E-state index contributed by atoms with van der Waals surface area (Å²) in [5, 5.41) is 8.46. The molecule has 1 aliphatic carbocycles. The van der Waals surface area contributed by atoms with Crippen LogP contribution >= 0.6 is 11.6 Å². The number of hydrogen-bond acceptors (Lipinski definition) is 4. The highest BCUT2D eigenvalue weighted by molar-refractivity contribution is 7.89. The van der Waals surface area contributed by atoms with Crippen LogP contribution in [0.2, 0.25) is 5.22 Å². The third kappa shape index (κ3) is 2.62. The highest BCUT2D eigenvalue weighted by atomic mass is 35.5. The second-order valence-electron chi connectivity index (χ2n) is 3.85. The number of carbonyl (C=O) groups is 1. The van der Waals surface area contributed by atoms with Gasteiger partial charge in [-0.15, -0.1) is 0 Å². The molecule has 94 valence electrons. The molecule has 1 heterocycles. The summed E-state index contributed by atoms with van der Waals surface area (Å²) < 4.78 is 30.4. The minimum Gasteiger partial charge on any atom is -0.481 e. The topological polar surface area (TPSA) is 96.6 Å². The van der Waals surface area contributed by atoms with Gasteiger partial charge in [0, 0.05) is 6.54 Å². The number of rotatable bonds is 5. The van der Waals surface area contributed by atoms with E-state index >= 15 is 0 Å². The molecule has 0 radical (unpaired) electrons. The molecule has 6 nitrogen and oxygen atoms in total. The van der Waals surface area contributed by atoms with Crippen LogP contribution in [0.1, 0.15) is 6.42 Å². The molecule has 0 saturated heterocycles. The van der Waals surface area contributed by atoms with Crippen LogP contribution in [-0.4, -0.2) is 26.0 Å². The lowest BCUT2D eigenvalue weighted by atomic mass is 10.3. The van der Waals surface area contributed by atoms with Gasteiger partial charge in [0.25, 0.3) is 0 Å². The maximum Gasteiger partial charge on any atom is 0.306 e. The van der Waals surface area contributed by atoms with Crippen LogP contribution in [0.3, 0.4) is 0 Å². The molecule has 1 aromatic heterocycles. The van der Waals surface area contributed by atoms with E-state index in [4.69, 9.17) is 16.7 Å². The van der Waals surface area contributed by atoms with Gasteiger partial charge in [-0.05, 0) is 30.0 Å². The molecule has 2 atom stereocenters. The average molecular weight is 280 g/mol. The van der Waals surface area contributed by atoms with Gasteiger partial charge in [0.2, 0.25) is 15.2 Å². The van der Waals surface area contributed by atoms with Crippen molar-refractivity contribution in [1.29, 1.82) is 0 Å². The number of halogens is 1. The van der Waals surface area contributed by atoms with Gasteiger partial charge in [-0.25, -0.2) is 13.1 Å². The van der Waals surface area contributed by atoms with E-state index in [9.17, 15) is 13.2 Å². The Kier molecular flexibility index (Phi) is 3.15. The first-order chi connectivity index (χ1) is 7.92. The molecular formula is C9H10ClNO5S. The van der Waals surface area contributed by atoms with Crippen molar-refractivity contribution in [2.24, 2.45) is 11.8 Å². The largest absolute Gasteiger partial charge is 0.481 e. The van der Waals surface area contributed by atoms with E-state index in [2.05, 4.69) is 9.14 Å². The SMILES string of the molecule is O=C(O)[C@@H]1C[C@H]1CNS(=O)(=O)c1ccoc1Cl. The van der Waals surface area contributed by atoms with Crippen LogP contribution in [0.15, 0.2) is 21.6 Å². The molecule has 0 unspecified atom stereocenters. The molecule has 1 aromatic rings. The van der Waals surface area contributed by atoms with Gasteiger partial charge in [0.15, 0.2) is 0 Å². The van der Waals surface area contributed by atoms with E-state index in [0.717, 1.165) is 0 Å². The Morgan fingerprint density at radius 3 is 2.82 bits per heavy atom. The van der Waals surface area contributed by atoms with Crippen LogP contribution in [0.25, 0.3) is 0 Å². The highest BCUT2D eigenvalue weighted by Crippen LogP contribution is 2.38. The first kappa shape index (κ1) is 12.4. The Hall–Kier alpha value is -1.05. The Labute approximate surface area is 103 Å². The van der Waals surface area contributed by atoms with E-state index in [1.165, 1.54) is 12.3 Å². The predicted octanol–water partition coefficient (Wildman–Crippen LogP) is 0.932. The smallest absolute Gasteiger partial charge is 0.306 e. The monoisotopic (exact) mass is 279 g/mol. The van der Waals surface area contributed by atoms with Crippen LogP contribution in [-0.2, 0) is 14.8 Å². The van der Waals surface area contributed by atoms with Crippen molar-refractivity contribution >= 4 is 27.6 Å². The summed E-state index contributed by atoms with van der Waals surface area (Å²) in [6.45, 7) is 0.0980. The van der Waals surface area contributed by atoms with Gasteiger partial charge in [0.05, 0.1) is 12.2 Å². The van der Waals surface area contributed by atoms with Crippen molar-refractivity contribution in [3.8, 4) is 0 Å². The number of carboxylic acids is 1. The number of carboxylic acid groups (broad SMARTS) is 1.